The van der Waals surface area contributed by atoms with Crippen LogP contribution in [0.2, 0.25) is 0 Å². The van der Waals surface area contributed by atoms with Crippen LogP contribution >= 0.6 is 38.4 Å². The third kappa shape index (κ3) is 12.8. The zero-order valence-corrected chi connectivity index (χ0v) is 28.2. The third-order valence-corrected chi connectivity index (χ3v) is 10.3. The van der Waals surface area contributed by atoms with Gasteiger partial charge in [-0.3, -0.25) is 18.7 Å². The monoisotopic (exact) mass is 706 g/mol. The highest BCUT2D eigenvalue weighted by Crippen LogP contribution is 2.69. The zero-order chi connectivity index (χ0) is 33.9. The largest absolute Gasteiger partial charge is 0.444 e. The molecule has 3 amide bonds. The minimum absolute atomic E-state index is 0.0358. The molecule has 1 rings (SSSR count). The van der Waals surface area contributed by atoms with E-state index in [1.165, 1.54) is 6.92 Å². The fourth-order valence-electron chi connectivity index (χ4n) is 3.84. The Morgan fingerprint density at radius 1 is 0.932 bits per heavy atom. The third-order valence-electron chi connectivity index (χ3n) is 6.13. The van der Waals surface area contributed by atoms with Gasteiger partial charge in [0.25, 0.3) is 5.08 Å². The molecule has 252 valence electrons. The summed E-state index contributed by atoms with van der Waals surface area (Å²) in [7, 11) is -11.3. The number of carbonyl (C=O) groups is 3. The van der Waals surface area contributed by atoms with Gasteiger partial charge in [0, 0.05) is 49.9 Å². The van der Waals surface area contributed by atoms with Crippen molar-refractivity contribution in [3.05, 3.63) is 29.8 Å². The number of aliphatic hydroxyl groups is 1. The van der Waals surface area contributed by atoms with Gasteiger partial charge in [0.2, 0.25) is 11.8 Å². The van der Waals surface area contributed by atoms with Crippen molar-refractivity contribution in [1.82, 2.24) is 16.0 Å². The first kappa shape index (κ1) is 40.1. The number of ether oxygens (including phenoxy) is 1. The molecule has 0 aliphatic rings. The minimum atomic E-state index is -5.63. The van der Waals surface area contributed by atoms with Crippen molar-refractivity contribution >= 4 is 62.0 Å². The molecule has 2 atom stereocenters. The van der Waals surface area contributed by atoms with Gasteiger partial charge in [0.15, 0.2) is 0 Å². The van der Waals surface area contributed by atoms with Gasteiger partial charge < -0.3 is 50.3 Å². The molecule has 15 nitrogen and oxygen atoms in total. The van der Waals surface area contributed by atoms with E-state index in [1.54, 1.807) is 32.9 Å². The molecule has 0 saturated heterocycles. The summed E-state index contributed by atoms with van der Waals surface area (Å²) < 4.78 is 28.2. The number of rotatable bonds is 17. The van der Waals surface area contributed by atoms with Crippen LogP contribution in [0, 0.1) is 0 Å². The fourth-order valence-corrected chi connectivity index (χ4v) is 6.51. The molecule has 0 bridgehead atoms. The van der Waals surface area contributed by atoms with E-state index in [4.69, 9.17) is 27.9 Å². The Hall–Kier alpha value is -1.93. The first-order chi connectivity index (χ1) is 20.1. The summed E-state index contributed by atoms with van der Waals surface area (Å²) in [6, 6.07) is 4.88. The van der Waals surface area contributed by atoms with E-state index in [2.05, 4.69) is 16.0 Å². The second-order valence-corrected chi connectivity index (χ2v) is 15.7. The lowest BCUT2D eigenvalue weighted by molar-refractivity contribution is -0.129. The average Bonchev–Trinajstić information content (AvgIpc) is 2.88. The van der Waals surface area contributed by atoms with Crippen LogP contribution in [0.15, 0.2) is 24.3 Å². The van der Waals surface area contributed by atoms with Gasteiger partial charge in [-0.1, -0.05) is 12.1 Å². The highest BCUT2D eigenvalue weighted by atomic mass is 35.5. The quantitative estimate of drug-likeness (QED) is 0.0658. The van der Waals surface area contributed by atoms with Crippen LogP contribution in [0.5, 0.6) is 0 Å². The molecule has 1 aromatic carbocycles. The number of carbonyl (C=O) groups excluding carboxylic acids is 3. The van der Waals surface area contributed by atoms with E-state index in [9.17, 15) is 48.2 Å². The Bertz CT molecular complexity index is 1180. The van der Waals surface area contributed by atoms with E-state index in [0.29, 0.717) is 30.4 Å². The van der Waals surface area contributed by atoms with Crippen molar-refractivity contribution in [2.24, 2.45) is 0 Å². The maximum absolute atomic E-state index is 13.2. The number of nitrogens with one attached hydrogen (secondary N) is 3. The van der Waals surface area contributed by atoms with Gasteiger partial charge in [0.05, 0.1) is 0 Å². The van der Waals surface area contributed by atoms with Gasteiger partial charge in [-0.05, 0) is 51.8 Å². The summed E-state index contributed by atoms with van der Waals surface area (Å²) in [5.74, 6) is -0.663. The topological polar surface area (TPSA) is 235 Å². The van der Waals surface area contributed by atoms with Crippen molar-refractivity contribution in [1.29, 1.82) is 0 Å². The Labute approximate surface area is 266 Å². The summed E-state index contributed by atoms with van der Waals surface area (Å²) >= 11 is 11.8. The van der Waals surface area contributed by atoms with Gasteiger partial charge in [-0.2, -0.15) is 0 Å². The van der Waals surface area contributed by atoms with E-state index in [1.807, 2.05) is 17.0 Å². The molecular formula is C25H42Cl2N4O11P2. The first-order valence-electron chi connectivity index (χ1n) is 13.5. The maximum atomic E-state index is 13.2. The zero-order valence-electron chi connectivity index (χ0n) is 24.9. The van der Waals surface area contributed by atoms with Crippen molar-refractivity contribution in [3.63, 3.8) is 0 Å². The molecule has 0 radical (unpaired) electrons. The number of alkyl carbamates (subject to hydrolysis) is 1. The molecule has 19 heteroatoms. The molecular weight excluding hydrogens is 665 g/mol. The van der Waals surface area contributed by atoms with Crippen LogP contribution in [0.4, 0.5) is 10.5 Å². The fraction of sp³-hybridized carbons (Fsp3) is 0.640. The molecule has 8 N–H and O–H groups in total. The Morgan fingerprint density at radius 2 is 1.45 bits per heavy atom. The number of alkyl halides is 2. The Morgan fingerprint density at radius 3 is 1.91 bits per heavy atom. The second kappa shape index (κ2) is 17.1. The van der Waals surface area contributed by atoms with Crippen LogP contribution in [0.3, 0.4) is 0 Å². The molecule has 0 heterocycles. The van der Waals surface area contributed by atoms with Gasteiger partial charge >= 0.3 is 21.3 Å². The number of hydrogen-bond donors (Lipinski definition) is 8. The molecule has 1 aromatic rings. The molecule has 0 spiro atoms. The van der Waals surface area contributed by atoms with Crippen LogP contribution in [0.25, 0.3) is 0 Å². The molecule has 0 aliphatic carbocycles. The average molecular weight is 707 g/mol. The highest BCUT2D eigenvalue weighted by molar-refractivity contribution is 7.72. The number of nitrogens with zero attached hydrogens (tertiary/aromatic N) is 1. The summed E-state index contributed by atoms with van der Waals surface area (Å²) in [5, 5.41) is 13.7. The maximum Gasteiger partial charge on any atom is 0.408 e. The summed E-state index contributed by atoms with van der Waals surface area (Å²) in [6.07, 6.45) is -2.25. The summed E-state index contributed by atoms with van der Waals surface area (Å²) in [5.41, 5.74) is 0.697. The number of anilines is 1. The standard InChI is InChI=1S/C25H42Cl2N4O11P2/c1-17(21(32)28-13-5-10-25(35,43(36,37)38)44(39,40)41)29-22(33)20(30-23(34)42-24(2,3)4)16-18-6-8-19(9-7-18)31(14-11-26)15-12-27/h6-9,17,20,35H,5,10-16H2,1-4H3,(H,28,32)(H,29,33)(H,30,34)(H2,36,37,38)(H2,39,40,41)/t17-,20+/m1/s1. The number of benzene rings is 1. The number of hydrogen-bond acceptors (Lipinski definition) is 8. The van der Waals surface area contributed by atoms with Crippen LogP contribution in [-0.4, -0.2) is 96.8 Å². The van der Waals surface area contributed by atoms with Crippen LogP contribution < -0.4 is 20.9 Å². The van der Waals surface area contributed by atoms with Crippen molar-refractivity contribution in [2.45, 2.75) is 69.7 Å². The summed E-state index contributed by atoms with van der Waals surface area (Å²) in [6.45, 7) is 7.12. The predicted octanol–water partition coefficient (Wildman–Crippen LogP) is 1.81. The minimum Gasteiger partial charge on any atom is -0.444 e. The van der Waals surface area contributed by atoms with Gasteiger partial charge in [-0.25, -0.2) is 4.79 Å². The van der Waals surface area contributed by atoms with Crippen LogP contribution in [0.1, 0.15) is 46.1 Å². The lowest BCUT2D eigenvalue weighted by atomic mass is 10.0. The summed E-state index contributed by atoms with van der Waals surface area (Å²) in [4.78, 5) is 77.1. The Kier molecular flexibility index (Phi) is 15.6. The van der Waals surface area contributed by atoms with E-state index in [-0.39, 0.29) is 13.0 Å². The smallest absolute Gasteiger partial charge is 0.408 e. The Balaban J connectivity index is 2.95. The van der Waals surface area contributed by atoms with Crippen molar-refractivity contribution in [3.8, 4) is 0 Å². The predicted molar refractivity (Wildman–Crippen MR) is 166 cm³/mol. The second-order valence-electron chi connectivity index (χ2n) is 10.9. The van der Waals surface area contributed by atoms with E-state index in [0.717, 1.165) is 5.69 Å². The van der Waals surface area contributed by atoms with Crippen LogP contribution in [-0.2, 0) is 29.9 Å². The SMILES string of the molecule is C[C@@H](NC(=O)[C@H](Cc1ccc(N(CCCl)CCCl)cc1)NC(=O)OC(C)(C)C)C(=O)NCCCC(O)(P(=O)(O)O)P(=O)(O)O. The van der Waals surface area contributed by atoms with E-state index < -0.39 is 68.7 Å². The molecule has 0 fully saturated rings. The van der Waals surface area contributed by atoms with Crippen molar-refractivity contribution in [2.75, 3.05) is 36.3 Å². The van der Waals surface area contributed by atoms with Gasteiger partial charge in [-0.15, -0.1) is 23.2 Å². The van der Waals surface area contributed by atoms with E-state index >= 15 is 0 Å². The molecule has 0 aliphatic heterocycles. The number of amides is 3. The molecule has 0 aromatic heterocycles. The molecule has 0 saturated carbocycles. The molecule has 44 heavy (non-hydrogen) atoms. The number of halogens is 2. The lowest BCUT2D eigenvalue weighted by Gasteiger charge is -2.29. The van der Waals surface area contributed by atoms with Gasteiger partial charge in [0.1, 0.15) is 17.7 Å². The first-order valence-corrected chi connectivity index (χ1v) is 17.8. The highest BCUT2D eigenvalue weighted by Gasteiger charge is 2.58. The van der Waals surface area contributed by atoms with Crippen molar-refractivity contribution < 1.29 is 52.9 Å². The normalized spacial score (nSPS) is 13.9. The molecule has 0 unspecified atom stereocenters. The lowest BCUT2D eigenvalue weighted by Crippen LogP contribution is -2.54.